The highest BCUT2D eigenvalue weighted by molar-refractivity contribution is 5.99. The highest BCUT2D eigenvalue weighted by atomic mass is 16.5. The number of carbonyl (C=O) groups is 1. The van der Waals surface area contributed by atoms with Crippen LogP contribution in [0.2, 0.25) is 0 Å². The molecule has 0 radical (unpaired) electrons. The van der Waals surface area contributed by atoms with Gasteiger partial charge in [-0.1, -0.05) is 6.58 Å². The Morgan fingerprint density at radius 3 is 2.71 bits per heavy atom. The van der Waals surface area contributed by atoms with E-state index in [1.807, 2.05) is 0 Å². The van der Waals surface area contributed by atoms with E-state index in [0.29, 0.717) is 23.5 Å². The van der Waals surface area contributed by atoms with Crippen LogP contribution in [0.3, 0.4) is 0 Å². The van der Waals surface area contributed by atoms with Crippen molar-refractivity contribution in [2.75, 3.05) is 13.7 Å². The fourth-order valence-corrected chi connectivity index (χ4v) is 2.45. The summed E-state index contributed by atoms with van der Waals surface area (Å²) in [6.45, 7) is 4.65. The molecule has 0 saturated carbocycles. The number of ether oxygens (including phenoxy) is 1. The summed E-state index contributed by atoms with van der Waals surface area (Å²) in [5.74, 6) is 0.530. The molecule has 0 N–H and O–H groups in total. The van der Waals surface area contributed by atoms with E-state index in [9.17, 15) is 4.79 Å². The van der Waals surface area contributed by atoms with E-state index in [1.54, 1.807) is 42.6 Å². The SMILES string of the molecule is C=C1CCCN1C(=O)c1cc(OC)ccc1-n1nccn1. The second-order valence-electron chi connectivity index (χ2n) is 4.83. The molecular formula is C15H16N4O2. The number of methoxy groups -OCH3 is 1. The molecule has 1 aliphatic rings. The first-order chi connectivity index (χ1) is 10.2. The van der Waals surface area contributed by atoms with Gasteiger partial charge in [0.15, 0.2) is 0 Å². The molecule has 1 aliphatic heterocycles. The van der Waals surface area contributed by atoms with Crippen LogP contribution in [0, 0.1) is 0 Å². The average Bonchev–Trinajstić information content (AvgIpc) is 3.17. The Balaban J connectivity index is 2.06. The molecule has 2 heterocycles. The van der Waals surface area contributed by atoms with Crippen LogP contribution in [-0.2, 0) is 0 Å². The summed E-state index contributed by atoms with van der Waals surface area (Å²) in [6, 6.07) is 5.28. The Hall–Kier alpha value is -2.63. The van der Waals surface area contributed by atoms with Gasteiger partial charge in [0.05, 0.1) is 30.8 Å². The number of rotatable bonds is 3. The molecule has 0 aliphatic carbocycles. The fourth-order valence-electron chi connectivity index (χ4n) is 2.45. The van der Waals surface area contributed by atoms with Crippen molar-refractivity contribution in [3.8, 4) is 11.4 Å². The van der Waals surface area contributed by atoms with E-state index in [4.69, 9.17) is 4.74 Å². The highest BCUT2D eigenvalue weighted by Crippen LogP contribution is 2.26. The zero-order chi connectivity index (χ0) is 14.8. The number of nitrogens with zero attached hydrogens (tertiary/aromatic N) is 4. The number of benzene rings is 1. The Bertz CT molecular complexity index is 679. The van der Waals surface area contributed by atoms with Gasteiger partial charge in [-0.25, -0.2) is 0 Å². The monoisotopic (exact) mass is 284 g/mol. The molecule has 1 saturated heterocycles. The van der Waals surface area contributed by atoms with Gasteiger partial charge < -0.3 is 9.64 Å². The zero-order valence-corrected chi connectivity index (χ0v) is 11.8. The molecule has 0 unspecified atom stereocenters. The van der Waals surface area contributed by atoms with Crippen molar-refractivity contribution in [3.05, 3.63) is 48.4 Å². The molecule has 0 bridgehead atoms. The van der Waals surface area contributed by atoms with E-state index in [1.165, 1.54) is 4.80 Å². The molecule has 1 amide bonds. The lowest BCUT2D eigenvalue weighted by atomic mass is 10.1. The normalized spacial score (nSPS) is 14.5. The van der Waals surface area contributed by atoms with Crippen molar-refractivity contribution < 1.29 is 9.53 Å². The number of aromatic nitrogens is 3. The summed E-state index contributed by atoms with van der Waals surface area (Å²) >= 11 is 0. The Morgan fingerprint density at radius 1 is 1.33 bits per heavy atom. The van der Waals surface area contributed by atoms with Gasteiger partial charge in [-0.2, -0.15) is 15.0 Å². The summed E-state index contributed by atoms with van der Waals surface area (Å²) in [5.41, 5.74) is 1.99. The van der Waals surface area contributed by atoms with Crippen molar-refractivity contribution in [2.24, 2.45) is 0 Å². The lowest BCUT2D eigenvalue weighted by Gasteiger charge is -2.19. The van der Waals surface area contributed by atoms with Crippen LogP contribution >= 0.6 is 0 Å². The molecule has 1 aromatic heterocycles. The predicted octanol–water partition coefficient (Wildman–Crippen LogP) is 2.03. The largest absolute Gasteiger partial charge is 0.497 e. The fraction of sp³-hybridized carbons (Fsp3) is 0.267. The number of carbonyl (C=O) groups excluding carboxylic acids is 1. The van der Waals surface area contributed by atoms with Gasteiger partial charge in [0.2, 0.25) is 0 Å². The zero-order valence-electron chi connectivity index (χ0n) is 11.8. The first-order valence-corrected chi connectivity index (χ1v) is 6.75. The topological polar surface area (TPSA) is 60.2 Å². The maximum Gasteiger partial charge on any atom is 0.260 e. The molecule has 1 aromatic carbocycles. The number of amides is 1. The number of likely N-dealkylation sites (tertiary alicyclic amines) is 1. The Morgan fingerprint density at radius 2 is 2.10 bits per heavy atom. The van der Waals surface area contributed by atoms with Gasteiger partial charge in [0, 0.05) is 12.2 Å². The van der Waals surface area contributed by atoms with Crippen LogP contribution in [0.5, 0.6) is 5.75 Å². The molecule has 0 atom stereocenters. The van der Waals surface area contributed by atoms with E-state index in [-0.39, 0.29) is 5.91 Å². The van der Waals surface area contributed by atoms with Gasteiger partial charge in [-0.3, -0.25) is 4.79 Å². The predicted molar refractivity (Wildman–Crippen MR) is 77.3 cm³/mol. The molecule has 6 heteroatoms. The van der Waals surface area contributed by atoms with Crippen molar-refractivity contribution in [3.63, 3.8) is 0 Å². The third-order valence-corrected chi connectivity index (χ3v) is 3.54. The summed E-state index contributed by atoms with van der Waals surface area (Å²) in [6.07, 6.45) is 4.95. The van der Waals surface area contributed by atoms with Crippen molar-refractivity contribution in [1.29, 1.82) is 0 Å². The van der Waals surface area contributed by atoms with Gasteiger partial charge in [-0.05, 0) is 31.0 Å². The quantitative estimate of drug-likeness (QED) is 0.865. The third-order valence-electron chi connectivity index (χ3n) is 3.54. The first kappa shape index (κ1) is 13.4. The maximum absolute atomic E-state index is 12.8. The molecule has 0 spiro atoms. The summed E-state index contributed by atoms with van der Waals surface area (Å²) in [5, 5.41) is 8.20. The van der Waals surface area contributed by atoms with Crippen LogP contribution in [0.15, 0.2) is 42.9 Å². The number of hydrogen-bond acceptors (Lipinski definition) is 4. The highest BCUT2D eigenvalue weighted by Gasteiger charge is 2.26. The second-order valence-corrected chi connectivity index (χ2v) is 4.83. The van der Waals surface area contributed by atoms with E-state index in [0.717, 1.165) is 18.5 Å². The van der Waals surface area contributed by atoms with Gasteiger partial charge in [0.1, 0.15) is 5.75 Å². The maximum atomic E-state index is 12.8. The van der Waals surface area contributed by atoms with Crippen molar-refractivity contribution in [2.45, 2.75) is 12.8 Å². The molecule has 6 nitrogen and oxygen atoms in total. The minimum Gasteiger partial charge on any atom is -0.497 e. The number of allylic oxidation sites excluding steroid dienone is 1. The smallest absolute Gasteiger partial charge is 0.260 e. The van der Waals surface area contributed by atoms with Crippen LogP contribution in [-0.4, -0.2) is 39.5 Å². The molecule has 1 fully saturated rings. The van der Waals surface area contributed by atoms with Crippen LogP contribution in [0.25, 0.3) is 5.69 Å². The van der Waals surface area contributed by atoms with Gasteiger partial charge in [0.25, 0.3) is 5.91 Å². The summed E-state index contributed by atoms with van der Waals surface area (Å²) in [4.78, 5) is 15.9. The standard InChI is InChI=1S/C15H16N4O2/c1-11-4-3-9-18(11)15(20)13-10-12(21-2)5-6-14(13)19-16-7-8-17-19/h5-8,10H,1,3-4,9H2,2H3. The molecule has 21 heavy (non-hydrogen) atoms. The Kier molecular flexibility index (Phi) is 3.43. The van der Waals surface area contributed by atoms with Crippen LogP contribution < -0.4 is 4.74 Å². The summed E-state index contributed by atoms with van der Waals surface area (Å²) in [7, 11) is 1.57. The lowest BCUT2D eigenvalue weighted by molar-refractivity contribution is 0.0825. The first-order valence-electron chi connectivity index (χ1n) is 6.75. The van der Waals surface area contributed by atoms with Crippen LogP contribution in [0.1, 0.15) is 23.2 Å². The Labute approximate surface area is 122 Å². The van der Waals surface area contributed by atoms with E-state index < -0.39 is 0 Å². The minimum absolute atomic E-state index is 0.0938. The summed E-state index contributed by atoms with van der Waals surface area (Å²) < 4.78 is 5.22. The van der Waals surface area contributed by atoms with Gasteiger partial charge in [-0.15, -0.1) is 0 Å². The lowest BCUT2D eigenvalue weighted by Crippen LogP contribution is -2.27. The van der Waals surface area contributed by atoms with E-state index in [2.05, 4.69) is 16.8 Å². The minimum atomic E-state index is -0.0938. The van der Waals surface area contributed by atoms with Crippen LogP contribution in [0.4, 0.5) is 0 Å². The molecule has 108 valence electrons. The molecule has 2 aromatic rings. The molecular weight excluding hydrogens is 268 g/mol. The van der Waals surface area contributed by atoms with Gasteiger partial charge >= 0.3 is 0 Å². The average molecular weight is 284 g/mol. The second kappa shape index (κ2) is 5.40. The van der Waals surface area contributed by atoms with Crippen molar-refractivity contribution in [1.82, 2.24) is 19.9 Å². The molecule has 3 rings (SSSR count). The van der Waals surface area contributed by atoms with Crippen molar-refractivity contribution >= 4 is 5.91 Å². The third kappa shape index (κ3) is 2.40. The van der Waals surface area contributed by atoms with E-state index >= 15 is 0 Å². The number of hydrogen-bond donors (Lipinski definition) is 0.